The summed E-state index contributed by atoms with van der Waals surface area (Å²) in [4.78, 5) is 29.8. The number of hydrogen-bond acceptors (Lipinski definition) is 11. The number of ether oxygens (including phenoxy) is 1. The van der Waals surface area contributed by atoms with Crippen LogP contribution in [0.15, 0.2) is 56.1 Å². The van der Waals surface area contributed by atoms with Crippen molar-refractivity contribution in [3.8, 4) is 23.0 Å². The van der Waals surface area contributed by atoms with Gasteiger partial charge < -0.3 is 28.6 Å². The lowest BCUT2D eigenvalue weighted by Crippen LogP contribution is -2.44. The fraction of sp³-hybridized carbons (Fsp3) is 0.321. The van der Waals surface area contributed by atoms with Gasteiger partial charge in [-0.1, -0.05) is 11.8 Å². The lowest BCUT2D eigenvalue weighted by molar-refractivity contribution is -0.118. The Morgan fingerprint density at radius 2 is 2.02 bits per heavy atom. The van der Waals surface area contributed by atoms with Gasteiger partial charge in [0.1, 0.15) is 11.4 Å². The van der Waals surface area contributed by atoms with E-state index in [2.05, 4.69) is 25.6 Å². The minimum atomic E-state index is -0.455. The molecule has 4 aromatic rings. The van der Waals surface area contributed by atoms with Gasteiger partial charge in [-0.25, -0.2) is 9.82 Å². The molecule has 1 saturated heterocycles. The van der Waals surface area contributed by atoms with E-state index in [1.165, 1.54) is 25.5 Å². The van der Waals surface area contributed by atoms with Crippen LogP contribution in [0.2, 0.25) is 0 Å². The van der Waals surface area contributed by atoms with E-state index in [1.54, 1.807) is 24.4 Å². The second-order valence-electron chi connectivity index (χ2n) is 9.66. The molecule has 5 rings (SSSR count). The third-order valence-corrected chi connectivity index (χ3v) is 7.72. The number of aryl methyl sites for hydroxylation is 1. The molecule has 0 saturated carbocycles. The molecule has 0 aliphatic carbocycles. The number of halogens is 1. The highest BCUT2D eigenvalue weighted by Gasteiger charge is 2.22. The van der Waals surface area contributed by atoms with Gasteiger partial charge in [-0.05, 0) is 49.9 Å². The number of anilines is 1. The third kappa shape index (κ3) is 6.24. The molecule has 0 unspecified atom stereocenters. The van der Waals surface area contributed by atoms with Crippen molar-refractivity contribution in [2.75, 3.05) is 51.0 Å². The number of nitrogens with one attached hydrogen (secondary N) is 1. The number of methoxy groups -OCH3 is 1. The molecule has 1 amide bonds. The lowest BCUT2D eigenvalue weighted by Gasteiger charge is -2.34. The van der Waals surface area contributed by atoms with Crippen LogP contribution in [0.1, 0.15) is 12.5 Å². The van der Waals surface area contributed by atoms with E-state index in [0.29, 0.717) is 36.4 Å². The molecule has 2 aromatic carbocycles. The highest BCUT2D eigenvalue weighted by Crippen LogP contribution is 2.29. The largest absolute Gasteiger partial charge is 0.504 e. The molecule has 0 atom stereocenters. The Balaban J connectivity index is 1.29. The molecule has 1 aliphatic rings. The topological polar surface area (TPSA) is 138 Å². The summed E-state index contributed by atoms with van der Waals surface area (Å²) in [5.41, 5.74) is 3.84. The monoisotopic (exact) mass is 595 g/mol. The second-order valence-corrected chi connectivity index (χ2v) is 10.6. The molecular formula is C28H30FN7O5S. The Morgan fingerprint density at radius 1 is 1.24 bits per heavy atom. The molecule has 1 fully saturated rings. The van der Waals surface area contributed by atoms with Crippen LogP contribution in [0.5, 0.6) is 11.5 Å². The Hall–Kier alpha value is -4.43. The van der Waals surface area contributed by atoms with Crippen LogP contribution in [0.25, 0.3) is 22.4 Å². The maximum Gasteiger partial charge on any atom is 0.277 e. The number of piperazine rings is 1. The summed E-state index contributed by atoms with van der Waals surface area (Å²) >= 11 is 0.981. The number of nitrogens with zero attached hydrogens (tertiary/aromatic N) is 6. The zero-order valence-electron chi connectivity index (χ0n) is 23.3. The van der Waals surface area contributed by atoms with Gasteiger partial charge in [0.25, 0.3) is 17.0 Å². The van der Waals surface area contributed by atoms with Crippen molar-refractivity contribution in [2.45, 2.75) is 18.7 Å². The lowest BCUT2D eigenvalue weighted by atomic mass is 10.1. The van der Waals surface area contributed by atoms with Crippen LogP contribution in [-0.2, 0) is 11.3 Å². The molecule has 14 heteroatoms. The van der Waals surface area contributed by atoms with E-state index in [1.807, 2.05) is 23.4 Å². The molecule has 220 valence electrons. The van der Waals surface area contributed by atoms with Crippen molar-refractivity contribution >= 4 is 40.5 Å². The van der Waals surface area contributed by atoms with Gasteiger partial charge in [0, 0.05) is 44.3 Å². The number of hydrogen-bond donors (Lipinski definition) is 2. The van der Waals surface area contributed by atoms with Gasteiger partial charge in [-0.3, -0.25) is 9.59 Å². The molecule has 0 spiro atoms. The summed E-state index contributed by atoms with van der Waals surface area (Å²) in [6.07, 6.45) is 3.04. The number of aromatic hydroxyl groups is 1. The molecule has 3 heterocycles. The molecule has 0 radical (unpaired) electrons. The minimum Gasteiger partial charge on any atom is -0.504 e. The number of likely N-dealkylation sites (N-methyl/N-ethyl adjacent to an activating group) is 1. The van der Waals surface area contributed by atoms with Gasteiger partial charge in [-0.2, -0.15) is 5.10 Å². The van der Waals surface area contributed by atoms with Crippen molar-refractivity contribution in [3.05, 3.63) is 58.1 Å². The first-order valence-electron chi connectivity index (χ1n) is 13.2. The zero-order valence-corrected chi connectivity index (χ0v) is 24.2. The number of fused-ring (bicyclic) bond motifs is 1. The average Bonchev–Trinajstić information content (AvgIpc) is 3.46. The number of pyridine rings is 1. The molecule has 0 bridgehead atoms. The fourth-order valence-electron chi connectivity index (χ4n) is 4.59. The van der Waals surface area contributed by atoms with Crippen LogP contribution in [0.4, 0.5) is 10.1 Å². The van der Waals surface area contributed by atoms with Crippen LogP contribution >= 0.6 is 11.8 Å². The van der Waals surface area contributed by atoms with Gasteiger partial charge in [0.15, 0.2) is 11.5 Å². The Bertz CT molecular complexity index is 1700. The maximum atomic E-state index is 15.2. The van der Waals surface area contributed by atoms with Crippen LogP contribution in [-0.4, -0.2) is 83.0 Å². The summed E-state index contributed by atoms with van der Waals surface area (Å²) in [6, 6.07) is 7.66. The quantitative estimate of drug-likeness (QED) is 0.169. The van der Waals surface area contributed by atoms with Gasteiger partial charge >= 0.3 is 0 Å². The van der Waals surface area contributed by atoms with Gasteiger partial charge in [0.05, 0.1) is 30.3 Å². The molecule has 1 aliphatic heterocycles. The number of carbonyl (C=O) groups excluding carboxylic acids is 1. The number of aromatic nitrogens is 3. The first-order chi connectivity index (χ1) is 20.3. The van der Waals surface area contributed by atoms with E-state index < -0.39 is 17.2 Å². The summed E-state index contributed by atoms with van der Waals surface area (Å²) in [5, 5.41) is 21.8. The Kier molecular flexibility index (Phi) is 8.73. The first-order valence-corrected chi connectivity index (χ1v) is 14.2. The first kappa shape index (κ1) is 29.1. The summed E-state index contributed by atoms with van der Waals surface area (Å²) < 4.78 is 27.8. The summed E-state index contributed by atoms with van der Waals surface area (Å²) in [5.74, 6) is -0.694. The van der Waals surface area contributed by atoms with E-state index >= 15 is 4.39 Å². The van der Waals surface area contributed by atoms with E-state index in [9.17, 15) is 14.7 Å². The highest BCUT2D eigenvalue weighted by molar-refractivity contribution is 7.99. The number of phenolic OH excluding ortho intramolecular Hbond substituents is 1. The van der Waals surface area contributed by atoms with Crippen molar-refractivity contribution in [1.82, 2.24) is 25.1 Å². The molecule has 12 nitrogen and oxygen atoms in total. The molecule has 42 heavy (non-hydrogen) atoms. The smallest absolute Gasteiger partial charge is 0.277 e. The van der Waals surface area contributed by atoms with Gasteiger partial charge in [-0.15, -0.1) is 10.2 Å². The van der Waals surface area contributed by atoms with Crippen molar-refractivity contribution in [2.24, 2.45) is 5.10 Å². The highest BCUT2D eigenvalue weighted by atomic mass is 32.2. The number of hydrazone groups is 1. The third-order valence-electron chi connectivity index (χ3n) is 6.90. The van der Waals surface area contributed by atoms with Gasteiger partial charge in [0.2, 0.25) is 5.43 Å². The minimum absolute atomic E-state index is 0.00571. The standard InChI is InChI=1S/C28H30FN7O5S/c1-4-35-15-19(26(39)18-12-20(29)22(13-21(18)35)36-9-7-34(2)8-10-36)27-32-33-28(41-27)42-16-25(38)31-30-14-17-5-6-23(37)24(11-17)40-3/h5-6,11-15,37H,4,7-10,16H2,1-3H3,(H,31,38)/b30-14+. The predicted molar refractivity (Wildman–Crippen MR) is 158 cm³/mol. The van der Waals surface area contributed by atoms with E-state index in [0.717, 1.165) is 24.9 Å². The Morgan fingerprint density at radius 3 is 2.76 bits per heavy atom. The molecule has 2 aromatic heterocycles. The van der Waals surface area contributed by atoms with Crippen LogP contribution < -0.4 is 20.5 Å². The number of phenols is 1. The number of amides is 1. The summed E-state index contributed by atoms with van der Waals surface area (Å²) in [6.45, 7) is 5.53. The van der Waals surface area contributed by atoms with Crippen molar-refractivity contribution < 1.29 is 23.4 Å². The van der Waals surface area contributed by atoms with Crippen molar-refractivity contribution in [1.29, 1.82) is 0 Å². The molecule has 2 N–H and O–H groups in total. The SMILES string of the molecule is CCn1cc(-c2nnc(SCC(=O)N/N=C/c3ccc(O)c(OC)c3)o2)c(=O)c2cc(F)c(N3CCN(C)CC3)cc21. The number of rotatable bonds is 9. The normalized spacial score (nSPS) is 14.1. The average molecular weight is 596 g/mol. The number of benzene rings is 2. The molecular weight excluding hydrogens is 565 g/mol. The van der Waals surface area contributed by atoms with E-state index in [4.69, 9.17) is 9.15 Å². The number of carbonyl (C=O) groups is 1. The van der Waals surface area contributed by atoms with Crippen LogP contribution in [0, 0.1) is 5.82 Å². The second kappa shape index (κ2) is 12.6. The van der Waals surface area contributed by atoms with E-state index in [-0.39, 0.29) is 39.3 Å². The number of thioether (sulfide) groups is 1. The Labute approximate surface area is 244 Å². The van der Waals surface area contributed by atoms with Crippen molar-refractivity contribution in [3.63, 3.8) is 0 Å². The predicted octanol–water partition coefficient (Wildman–Crippen LogP) is 2.92. The summed E-state index contributed by atoms with van der Waals surface area (Å²) in [7, 11) is 3.47. The van der Waals surface area contributed by atoms with Crippen LogP contribution in [0.3, 0.4) is 0 Å². The maximum absolute atomic E-state index is 15.2. The fourth-order valence-corrected chi connectivity index (χ4v) is 5.15. The zero-order chi connectivity index (χ0) is 29.8.